The molecule has 0 fully saturated rings. The summed E-state index contributed by atoms with van der Waals surface area (Å²) in [5.74, 6) is 0.0264. The summed E-state index contributed by atoms with van der Waals surface area (Å²) in [6, 6.07) is 7.51. The van der Waals surface area contributed by atoms with Gasteiger partial charge < -0.3 is 19.7 Å². The van der Waals surface area contributed by atoms with Crippen LogP contribution in [0.4, 0.5) is 15.9 Å². The molecule has 0 radical (unpaired) electrons. The fraction of sp³-hybridized carbons (Fsp3) is 0.375. The molecule has 1 amide bonds. The second-order valence-corrected chi connectivity index (χ2v) is 8.05. The van der Waals surface area contributed by atoms with E-state index in [9.17, 15) is 9.18 Å². The van der Waals surface area contributed by atoms with Crippen molar-refractivity contribution in [3.8, 4) is 5.75 Å². The third kappa shape index (κ3) is 5.72. The van der Waals surface area contributed by atoms with Gasteiger partial charge in [0.1, 0.15) is 17.9 Å². The van der Waals surface area contributed by atoms with E-state index in [4.69, 9.17) is 23.8 Å². The van der Waals surface area contributed by atoms with Crippen LogP contribution < -0.4 is 10.1 Å². The molecule has 10 heteroatoms. The van der Waals surface area contributed by atoms with Crippen LogP contribution in [0, 0.1) is 5.82 Å². The van der Waals surface area contributed by atoms with Crippen molar-refractivity contribution in [3.63, 3.8) is 0 Å². The lowest BCUT2D eigenvalue weighted by Gasteiger charge is -2.28. The van der Waals surface area contributed by atoms with Gasteiger partial charge in [-0.1, -0.05) is 17.7 Å². The predicted octanol–water partition coefficient (Wildman–Crippen LogP) is 4.10. The molecule has 0 unspecified atom stereocenters. The van der Waals surface area contributed by atoms with Crippen molar-refractivity contribution in [2.24, 2.45) is 0 Å². The molecule has 2 aromatic carbocycles. The highest BCUT2D eigenvalue weighted by Crippen LogP contribution is 2.32. The summed E-state index contributed by atoms with van der Waals surface area (Å²) in [5, 5.41) is 3.56. The van der Waals surface area contributed by atoms with Crippen molar-refractivity contribution in [2.75, 3.05) is 46.7 Å². The number of halogens is 2. The van der Waals surface area contributed by atoms with Crippen molar-refractivity contribution in [1.29, 1.82) is 0 Å². The molecule has 1 atom stereocenters. The van der Waals surface area contributed by atoms with Gasteiger partial charge in [0.25, 0.3) is 0 Å². The maximum atomic E-state index is 14.5. The number of rotatable bonds is 10. The van der Waals surface area contributed by atoms with E-state index in [1.807, 2.05) is 0 Å². The van der Waals surface area contributed by atoms with Crippen LogP contribution >= 0.6 is 11.6 Å². The molecule has 3 rings (SSSR count). The lowest BCUT2D eigenvalue weighted by Crippen LogP contribution is -2.44. The number of nitrogens with one attached hydrogen (secondary N) is 1. The molecule has 0 saturated carbocycles. The maximum Gasteiger partial charge on any atom is 0.239 e. The standard InChI is InChI=1S/C24H29ClFN5O3/c1-15(24(32)30(2)9-10-33-4)31(3)13-16-11-17-20(12-21(16)34-5)27-14-28-23(17)29-19-8-6-7-18(25)22(19)26/h6-8,11-12,14-15H,9-10,13H2,1-5H3,(H,27,28,29)/t15-/m0/s1/i2D,3D. The molecular weight excluding hydrogens is 461 g/mol. The summed E-state index contributed by atoms with van der Waals surface area (Å²) < 4.78 is 40.8. The number of likely N-dealkylation sites (N-methyl/N-ethyl adjacent to an activating group) is 2. The number of carbonyl (C=O) groups excluding carboxylic acids is 1. The number of aromatic nitrogens is 2. The van der Waals surface area contributed by atoms with Crippen LogP contribution in [0.15, 0.2) is 36.7 Å². The zero-order valence-corrected chi connectivity index (χ0v) is 20.1. The van der Waals surface area contributed by atoms with Crippen LogP contribution in [0.3, 0.4) is 0 Å². The molecule has 0 spiro atoms. The molecule has 3 aromatic rings. The molecular formula is C24H29ClFN5O3. The van der Waals surface area contributed by atoms with E-state index in [1.54, 1.807) is 36.1 Å². The number of amides is 1. The summed E-state index contributed by atoms with van der Waals surface area (Å²) in [6.07, 6.45) is 1.36. The predicted molar refractivity (Wildman–Crippen MR) is 131 cm³/mol. The van der Waals surface area contributed by atoms with Crippen LogP contribution in [0.1, 0.15) is 15.2 Å². The quantitative estimate of drug-likeness (QED) is 0.457. The van der Waals surface area contributed by atoms with Crippen LogP contribution in [0.5, 0.6) is 5.75 Å². The SMILES string of the molecule is [2H]CN(CCOC)C(=O)[C@H](C)N(C[2H])Cc1cc2c(Nc3cccc(Cl)c3F)ncnc2cc1OC. The van der Waals surface area contributed by atoms with Crippen LogP contribution in [0.25, 0.3) is 10.9 Å². The number of fused-ring (bicyclic) bond motifs is 1. The topological polar surface area (TPSA) is 79.8 Å². The zero-order valence-electron chi connectivity index (χ0n) is 21.3. The molecule has 0 aliphatic heterocycles. The third-order valence-corrected chi connectivity index (χ3v) is 5.69. The van der Waals surface area contributed by atoms with Gasteiger partial charge in [-0.3, -0.25) is 9.69 Å². The smallest absolute Gasteiger partial charge is 0.239 e. The Bertz CT molecular complexity index is 1210. The van der Waals surface area contributed by atoms with Crippen molar-refractivity contribution < 1.29 is 21.4 Å². The molecule has 0 aliphatic carbocycles. The lowest BCUT2D eigenvalue weighted by molar-refractivity contribution is -0.135. The van der Waals surface area contributed by atoms with Crippen LogP contribution in [-0.4, -0.2) is 73.1 Å². The summed E-state index contributed by atoms with van der Waals surface area (Å²) in [4.78, 5) is 24.6. The molecule has 34 heavy (non-hydrogen) atoms. The van der Waals surface area contributed by atoms with Crippen molar-refractivity contribution >= 4 is 39.9 Å². The Hall–Kier alpha value is -3.01. The minimum Gasteiger partial charge on any atom is -0.496 e. The van der Waals surface area contributed by atoms with E-state index < -0.39 is 11.9 Å². The molecule has 0 bridgehead atoms. The Morgan fingerprint density at radius 2 is 2.12 bits per heavy atom. The molecule has 1 N–H and O–H groups in total. The van der Waals surface area contributed by atoms with E-state index in [-0.39, 0.29) is 37.2 Å². The summed E-state index contributed by atoms with van der Waals surface area (Å²) in [6.45, 7) is 2.53. The molecule has 1 heterocycles. The molecule has 182 valence electrons. The number of anilines is 2. The normalized spacial score (nSPS) is 12.9. The van der Waals surface area contributed by atoms with Crippen LogP contribution in [0.2, 0.25) is 5.02 Å². The fourth-order valence-corrected chi connectivity index (χ4v) is 3.53. The average Bonchev–Trinajstić information content (AvgIpc) is 2.89. The second kappa shape index (κ2) is 11.4. The van der Waals surface area contributed by atoms with E-state index in [1.165, 1.54) is 31.5 Å². The maximum absolute atomic E-state index is 14.5. The van der Waals surface area contributed by atoms with Gasteiger partial charge in [0.15, 0.2) is 5.82 Å². The van der Waals surface area contributed by atoms with Gasteiger partial charge in [0.05, 0.1) is 36.0 Å². The van der Waals surface area contributed by atoms with Gasteiger partial charge in [-0.15, -0.1) is 0 Å². The van der Waals surface area contributed by atoms with Gasteiger partial charge in [0, 0.05) is 47.0 Å². The highest BCUT2D eigenvalue weighted by Gasteiger charge is 2.23. The Kier molecular flexibility index (Phi) is 7.64. The first-order chi connectivity index (χ1) is 17.3. The zero-order chi connectivity index (χ0) is 26.2. The van der Waals surface area contributed by atoms with Crippen molar-refractivity contribution in [1.82, 2.24) is 19.8 Å². The Morgan fingerprint density at radius 3 is 2.82 bits per heavy atom. The Balaban J connectivity index is 1.94. The molecule has 0 aliphatic rings. The van der Waals surface area contributed by atoms with E-state index in [0.29, 0.717) is 41.2 Å². The monoisotopic (exact) mass is 491 g/mol. The van der Waals surface area contributed by atoms with Gasteiger partial charge in [-0.05, 0) is 32.1 Å². The summed E-state index contributed by atoms with van der Waals surface area (Å²) >= 11 is 5.91. The van der Waals surface area contributed by atoms with Crippen molar-refractivity contribution in [3.05, 3.63) is 53.1 Å². The number of ether oxygens (including phenoxy) is 2. The molecule has 0 saturated heterocycles. The minimum atomic E-state index is -0.657. The summed E-state index contributed by atoms with van der Waals surface area (Å²) in [7, 11) is 2.70. The van der Waals surface area contributed by atoms with Crippen LogP contribution in [-0.2, 0) is 16.1 Å². The minimum absolute atomic E-state index is 0.0160. The first-order valence-corrected chi connectivity index (χ1v) is 10.8. The number of carbonyl (C=O) groups is 1. The summed E-state index contributed by atoms with van der Waals surface area (Å²) in [5.41, 5.74) is 1.42. The van der Waals surface area contributed by atoms with E-state index >= 15 is 0 Å². The largest absolute Gasteiger partial charge is 0.496 e. The third-order valence-electron chi connectivity index (χ3n) is 5.40. The van der Waals surface area contributed by atoms with Gasteiger partial charge in [-0.25, -0.2) is 14.4 Å². The first kappa shape index (κ1) is 22.8. The molecule has 8 nitrogen and oxygen atoms in total. The highest BCUT2D eigenvalue weighted by molar-refractivity contribution is 6.31. The van der Waals surface area contributed by atoms with Gasteiger partial charge >= 0.3 is 0 Å². The number of benzene rings is 2. The van der Waals surface area contributed by atoms with Crippen molar-refractivity contribution in [2.45, 2.75) is 19.5 Å². The number of nitrogens with zero attached hydrogens (tertiary/aromatic N) is 4. The number of methoxy groups -OCH3 is 2. The average molecular weight is 492 g/mol. The van der Waals surface area contributed by atoms with Gasteiger partial charge in [-0.2, -0.15) is 0 Å². The number of hydrogen-bond donors (Lipinski definition) is 1. The Morgan fingerprint density at radius 1 is 1.29 bits per heavy atom. The Labute approximate surface area is 206 Å². The first-order valence-electron chi connectivity index (χ1n) is 11.9. The van der Waals surface area contributed by atoms with Gasteiger partial charge in [0.2, 0.25) is 5.91 Å². The second-order valence-electron chi connectivity index (χ2n) is 7.65. The number of hydrogen-bond acceptors (Lipinski definition) is 7. The fourth-order valence-electron chi connectivity index (χ4n) is 3.36. The van der Waals surface area contributed by atoms with E-state index in [2.05, 4.69) is 15.3 Å². The van der Waals surface area contributed by atoms with E-state index in [0.717, 1.165) is 0 Å². The lowest BCUT2D eigenvalue weighted by atomic mass is 10.1. The molecule has 1 aromatic heterocycles. The highest BCUT2D eigenvalue weighted by atomic mass is 35.5.